The Morgan fingerprint density at radius 2 is 1.73 bits per heavy atom. The highest BCUT2D eigenvalue weighted by atomic mass is 32.2. The lowest BCUT2D eigenvalue weighted by molar-refractivity contribution is -0.140. The Labute approximate surface area is 215 Å². The van der Waals surface area contributed by atoms with Crippen LogP contribution in [0.4, 0.5) is 18.9 Å². The molecule has 1 N–H and O–H groups in total. The fourth-order valence-electron chi connectivity index (χ4n) is 3.66. The molecule has 0 saturated heterocycles. The number of nitrogens with one attached hydrogen (secondary N) is 1. The number of amides is 2. The van der Waals surface area contributed by atoms with E-state index < -0.39 is 46.2 Å². The second kappa shape index (κ2) is 12.8. The molecule has 0 spiro atoms. The standard InChI is InChI=1S/C25H32F3N3O5S/c1-5-14-29-24(33)22(6-2)30(16-18-10-12-21(36-3)13-11-18)23(32)17-31(37(4,34)35)20-9-7-8-19(15-20)25(26,27)28/h7-13,15,22H,5-6,14,16-17H2,1-4H3,(H,29,33)/t22-/m1/s1. The van der Waals surface area contributed by atoms with Crippen LogP contribution in [0.3, 0.4) is 0 Å². The molecule has 0 fully saturated rings. The van der Waals surface area contributed by atoms with Crippen LogP contribution >= 0.6 is 0 Å². The van der Waals surface area contributed by atoms with Crippen LogP contribution in [0.5, 0.6) is 5.75 Å². The highest BCUT2D eigenvalue weighted by Crippen LogP contribution is 2.32. The molecule has 204 valence electrons. The van der Waals surface area contributed by atoms with Gasteiger partial charge in [-0.2, -0.15) is 13.2 Å². The van der Waals surface area contributed by atoms with Crippen molar-refractivity contribution in [2.24, 2.45) is 0 Å². The van der Waals surface area contributed by atoms with E-state index in [0.717, 1.165) is 18.4 Å². The van der Waals surface area contributed by atoms with Gasteiger partial charge >= 0.3 is 6.18 Å². The maximum absolute atomic E-state index is 13.6. The van der Waals surface area contributed by atoms with Gasteiger partial charge < -0.3 is 15.0 Å². The van der Waals surface area contributed by atoms with Gasteiger partial charge in [-0.25, -0.2) is 8.42 Å². The van der Waals surface area contributed by atoms with Crippen molar-refractivity contribution in [1.29, 1.82) is 0 Å². The first-order valence-corrected chi connectivity index (χ1v) is 13.5. The predicted octanol–water partition coefficient (Wildman–Crippen LogP) is 3.81. The van der Waals surface area contributed by atoms with Crippen molar-refractivity contribution >= 4 is 27.5 Å². The number of alkyl halides is 3. The summed E-state index contributed by atoms with van der Waals surface area (Å²) in [6.07, 6.45) is -2.99. The van der Waals surface area contributed by atoms with Crippen LogP contribution in [0.1, 0.15) is 37.8 Å². The largest absolute Gasteiger partial charge is 0.497 e. The molecule has 12 heteroatoms. The summed E-state index contributed by atoms with van der Waals surface area (Å²) in [7, 11) is -2.65. The normalized spacial score (nSPS) is 12.5. The topological polar surface area (TPSA) is 96.0 Å². The SMILES string of the molecule is CCCNC(=O)[C@@H](CC)N(Cc1ccc(OC)cc1)C(=O)CN(c1cccc(C(F)(F)F)c1)S(C)(=O)=O. The Kier molecular flexibility index (Phi) is 10.4. The zero-order valence-corrected chi connectivity index (χ0v) is 22.0. The van der Waals surface area contributed by atoms with Crippen molar-refractivity contribution < 1.29 is 35.9 Å². The van der Waals surface area contributed by atoms with Gasteiger partial charge in [-0.15, -0.1) is 0 Å². The molecule has 8 nitrogen and oxygen atoms in total. The van der Waals surface area contributed by atoms with Crippen LogP contribution in [-0.2, 0) is 32.3 Å². The molecule has 2 aromatic carbocycles. The average Bonchev–Trinajstić information content (AvgIpc) is 2.85. The molecule has 0 aliphatic rings. The van der Waals surface area contributed by atoms with Gasteiger partial charge in [0.25, 0.3) is 0 Å². The molecule has 0 bridgehead atoms. The molecular formula is C25H32F3N3O5S. The maximum atomic E-state index is 13.6. The van der Waals surface area contributed by atoms with E-state index in [1.807, 2.05) is 6.92 Å². The number of carbonyl (C=O) groups is 2. The van der Waals surface area contributed by atoms with Crippen LogP contribution in [0.25, 0.3) is 0 Å². The van der Waals surface area contributed by atoms with Gasteiger partial charge in [0.15, 0.2) is 0 Å². The summed E-state index contributed by atoms with van der Waals surface area (Å²) < 4.78 is 70.7. The molecule has 0 aliphatic carbocycles. The molecule has 0 aliphatic heterocycles. The van der Waals surface area contributed by atoms with Gasteiger partial charge in [0.05, 0.1) is 24.6 Å². The number of carbonyl (C=O) groups excluding carboxylic acids is 2. The quantitative estimate of drug-likeness (QED) is 0.439. The summed E-state index contributed by atoms with van der Waals surface area (Å²) in [4.78, 5) is 27.7. The molecule has 37 heavy (non-hydrogen) atoms. The Bertz CT molecular complexity index is 1170. The highest BCUT2D eigenvalue weighted by molar-refractivity contribution is 7.92. The maximum Gasteiger partial charge on any atom is 0.416 e. The fourth-order valence-corrected chi connectivity index (χ4v) is 4.51. The van der Waals surface area contributed by atoms with Crippen molar-refractivity contribution in [1.82, 2.24) is 10.2 Å². The van der Waals surface area contributed by atoms with E-state index in [4.69, 9.17) is 4.74 Å². The molecule has 0 aromatic heterocycles. The van der Waals surface area contributed by atoms with E-state index in [1.54, 1.807) is 31.2 Å². The number of sulfonamides is 1. The number of hydrogen-bond acceptors (Lipinski definition) is 5. The lowest BCUT2D eigenvalue weighted by atomic mass is 10.1. The second-order valence-electron chi connectivity index (χ2n) is 8.40. The first-order chi connectivity index (χ1) is 17.3. The third kappa shape index (κ3) is 8.38. The predicted molar refractivity (Wildman–Crippen MR) is 135 cm³/mol. The minimum atomic E-state index is -4.70. The molecular weight excluding hydrogens is 511 g/mol. The van der Waals surface area contributed by atoms with Gasteiger partial charge in [0.1, 0.15) is 18.3 Å². The van der Waals surface area contributed by atoms with E-state index in [2.05, 4.69) is 5.32 Å². The zero-order chi connectivity index (χ0) is 27.8. The van der Waals surface area contributed by atoms with Gasteiger partial charge in [-0.05, 0) is 48.7 Å². The van der Waals surface area contributed by atoms with Crippen molar-refractivity contribution in [2.45, 2.75) is 45.5 Å². The molecule has 0 heterocycles. The van der Waals surface area contributed by atoms with Gasteiger partial charge in [0, 0.05) is 13.1 Å². The molecule has 2 rings (SSSR count). The number of halogens is 3. The molecule has 1 atom stereocenters. The summed E-state index contributed by atoms with van der Waals surface area (Å²) in [5.74, 6) is -0.560. The second-order valence-corrected chi connectivity index (χ2v) is 10.3. The molecule has 2 amide bonds. The van der Waals surface area contributed by atoms with Crippen LogP contribution < -0.4 is 14.4 Å². The number of ether oxygens (including phenoxy) is 1. The summed E-state index contributed by atoms with van der Waals surface area (Å²) in [5, 5.41) is 2.75. The van der Waals surface area contributed by atoms with Crippen molar-refractivity contribution in [3.63, 3.8) is 0 Å². The van der Waals surface area contributed by atoms with E-state index in [-0.39, 0.29) is 18.7 Å². The van der Waals surface area contributed by atoms with E-state index in [9.17, 15) is 31.2 Å². The van der Waals surface area contributed by atoms with Crippen LogP contribution in [0.2, 0.25) is 0 Å². The summed E-state index contributed by atoms with van der Waals surface area (Å²) in [6.45, 7) is 3.17. The number of nitrogens with zero attached hydrogens (tertiary/aromatic N) is 2. The smallest absolute Gasteiger partial charge is 0.416 e. The van der Waals surface area contributed by atoms with Crippen molar-refractivity contribution in [3.05, 3.63) is 59.7 Å². The summed E-state index contributed by atoms with van der Waals surface area (Å²) in [6, 6.07) is 9.59. The third-order valence-corrected chi connectivity index (χ3v) is 6.73. The number of anilines is 1. The van der Waals surface area contributed by atoms with Crippen molar-refractivity contribution in [3.8, 4) is 5.75 Å². The molecule has 0 radical (unpaired) electrons. The first kappa shape index (κ1) is 29.9. The van der Waals surface area contributed by atoms with Crippen LogP contribution in [-0.4, -0.2) is 57.6 Å². The Morgan fingerprint density at radius 3 is 2.24 bits per heavy atom. The summed E-state index contributed by atoms with van der Waals surface area (Å²) >= 11 is 0. The monoisotopic (exact) mass is 543 g/mol. The lowest BCUT2D eigenvalue weighted by Crippen LogP contribution is -2.52. The van der Waals surface area contributed by atoms with Crippen molar-refractivity contribution in [2.75, 3.05) is 30.8 Å². The number of benzene rings is 2. The van der Waals surface area contributed by atoms with E-state index in [1.165, 1.54) is 18.1 Å². The zero-order valence-electron chi connectivity index (χ0n) is 21.2. The molecule has 0 saturated carbocycles. The van der Waals surface area contributed by atoms with Gasteiger partial charge in [-0.1, -0.05) is 32.0 Å². The average molecular weight is 544 g/mol. The van der Waals surface area contributed by atoms with E-state index >= 15 is 0 Å². The minimum absolute atomic E-state index is 0.0267. The van der Waals surface area contributed by atoms with Gasteiger partial charge in [0.2, 0.25) is 21.8 Å². The number of hydrogen-bond donors (Lipinski definition) is 1. The molecule has 2 aromatic rings. The Balaban J connectivity index is 2.47. The molecule has 0 unspecified atom stereocenters. The van der Waals surface area contributed by atoms with Gasteiger partial charge in [-0.3, -0.25) is 13.9 Å². The first-order valence-electron chi connectivity index (χ1n) is 11.7. The fraction of sp³-hybridized carbons (Fsp3) is 0.440. The van der Waals surface area contributed by atoms with Crippen LogP contribution in [0.15, 0.2) is 48.5 Å². The lowest BCUT2D eigenvalue weighted by Gasteiger charge is -2.33. The van der Waals surface area contributed by atoms with Crippen LogP contribution in [0, 0.1) is 0 Å². The highest BCUT2D eigenvalue weighted by Gasteiger charge is 2.34. The number of methoxy groups -OCH3 is 1. The Hall–Kier alpha value is -3.28. The third-order valence-electron chi connectivity index (χ3n) is 5.59. The summed E-state index contributed by atoms with van der Waals surface area (Å²) in [5.41, 5.74) is -0.703. The Morgan fingerprint density at radius 1 is 1.08 bits per heavy atom. The minimum Gasteiger partial charge on any atom is -0.497 e. The van der Waals surface area contributed by atoms with E-state index in [0.29, 0.717) is 34.7 Å². The number of rotatable bonds is 12.